The molecular formula is C15H26N2O2. The van der Waals surface area contributed by atoms with E-state index in [0.29, 0.717) is 6.54 Å². The van der Waals surface area contributed by atoms with Crippen LogP contribution in [0.15, 0.2) is 0 Å². The van der Waals surface area contributed by atoms with Gasteiger partial charge >= 0.3 is 6.09 Å². The Kier molecular flexibility index (Phi) is 3.04. The molecule has 4 nitrogen and oxygen atoms in total. The number of alkyl carbamates (subject to hydrolysis) is 1. The minimum absolute atomic E-state index is 0.155. The van der Waals surface area contributed by atoms with Crippen molar-refractivity contribution in [1.82, 2.24) is 5.32 Å². The fourth-order valence-electron chi connectivity index (χ4n) is 4.69. The van der Waals surface area contributed by atoms with Crippen molar-refractivity contribution >= 4 is 6.09 Å². The number of carbonyl (C=O) groups is 1. The molecule has 19 heavy (non-hydrogen) atoms. The maximum Gasteiger partial charge on any atom is 0.407 e. The Hall–Kier alpha value is -0.770. The second kappa shape index (κ2) is 4.37. The Bertz CT molecular complexity index is 338. The molecule has 0 spiro atoms. The van der Waals surface area contributed by atoms with Gasteiger partial charge in [-0.1, -0.05) is 0 Å². The maximum atomic E-state index is 12.0. The first-order valence-electron chi connectivity index (χ1n) is 7.59. The Morgan fingerprint density at radius 3 is 2.11 bits per heavy atom. The Balaban J connectivity index is 1.59. The van der Waals surface area contributed by atoms with Crippen LogP contribution in [0.3, 0.4) is 0 Å². The molecule has 0 aromatic rings. The standard InChI is InChI=1S/C15H26N2O2/c1-14(2,16)9-17-13(18)19-15-6-10-3-11(7-15)5-12(4-10)8-15/h10-12H,3-9,16H2,1-2H3,(H,17,18). The molecule has 4 saturated carbocycles. The van der Waals surface area contributed by atoms with Gasteiger partial charge in [-0.25, -0.2) is 4.79 Å². The van der Waals surface area contributed by atoms with Gasteiger partial charge in [0.15, 0.2) is 0 Å². The van der Waals surface area contributed by atoms with Crippen LogP contribution in [0.25, 0.3) is 0 Å². The van der Waals surface area contributed by atoms with Gasteiger partial charge < -0.3 is 15.8 Å². The van der Waals surface area contributed by atoms with Gasteiger partial charge in [0.05, 0.1) is 0 Å². The van der Waals surface area contributed by atoms with Gasteiger partial charge in [0, 0.05) is 12.1 Å². The lowest BCUT2D eigenvalue weighted by atomic mass is 9.54. The lowest BCUT2D eigenvalue weighted by Crippen LogP contribution is -2.54. The van der Waals surface area contributed by atoms with Crippen LogP contribution in [-0.4, -0.2) is 23.8 Å². The van der Waals surface area contributed by atoms with Gasteiger partial charge in [0.25, 0.3) is 0 Å². The highest BCUT2D eigenvalue weighted by atomic mass is 16.6. The molecule has 4 rings (SSSR count). The van der Waals surface area contributed by atoms with Crippen LogP contribution in [-0.2, 0) is 4.74 Å². The highest BCUT2D eigenvalue weighted by molar-refractivity contribution is 5.68. The number of ether oxygens (including phenoxy) is 1. The van der Waals surface area contributed by atoms with Crippen LogP contribution >= 0.6 is 0 Å². The molecule has 4 aliphatic carbocycles. The van der Waals surface area contributed by atoms with Crippen LogP contribution in [0.2, 0.25) is 0 Å². The van der Waals surface area contributed by atoms with Crippen molar-refractivity contribution in [2.75, 3.05) is 6.54 Å². The van der Waals surface area contributed by atoms with Crippen molar-refractivity contribution in [3.8, 4) is 0 Å². The number of amides is 1. The van der Waals surface area contributed by atoms with E-state index in [-0.39, 0.29) is 17.2 Å². The quantitative estimate of drug-likeness (QED) is 0.824. The zero-order valence-electron chi connectivity index (χ0n) is 12.1. The zero-order valence-corrected chi connectivity index (χ0v) is 12.1. The summed E-state index contributed by atoms with van der Waals surface area (Å²) in [7, 11) is 0. The second-order valence-corrected chi connectivity index (χ2v) is 7.83. The van der Waals surface area contributed by atoms with Crippen molar-refractivity contribution in [2.45, 2.75) is 63.5 Å². The van der Waals surface area contributed by atoms with Gasteiger partial charge in [-0.05, 0) is 70.1 Å². The highest BCUT2D eigenvalue weighted by Gasteiger charge is 2.53. The van der Waals surface area contributed by atoms with Gasteiger partial charge in [0.2, 0.25) is 0 Å². The number of carbonyl (C=O) groups excluding carboxylic acids is 1. The van der Waals surface area contributed by atoms with Gasteiger partial charge in [0.1, 0.15) is 5.60 Å². The minimum atomic E-state index is -0.388. The molecule has 0 aliphatic heterocycles. The van der Waals surface area contributed by atoms with Crippen LogP contribution < -0.4 is 11.1 Å². The number of rotatable bonds is 3. The molecule has 4 aliphatic rings. The predicted molar refractivity (Wildman–Crippen MR) is 73.7 cm³/mol. The summed E-state index contributed by atoms with van der Waals surface area (Å²) in [6, 6.07) is 0. The molecule has 4 heteroatoms. The molecular weight excluding hydrogens is 240 g/mol. The first-order valence-corrected chi connectivity index (χ1v) is 7.59. The van der Waals surface area contributed by atoms with E-state index in [1.165, 1.54) is 19.3 Å². The highest BCUT2D eigenvalue weighted by Crippen LogP contribution is 2.57. The van der Waals surface area contributed by atoms with E-state index in [1.54, 1.807) is 0 Å². The fraction of sp³-hybridized carbons (Fsp3) is 0.933. The van der Waals surface area contributed by atoms with Crippen LogP contribution in [0.5, 0.6) is 0 Å². The third kappa shape index (κ3) is 2.88. The average Bonchev–Trinajstić information content (AvgIpc) is 2.22. The normalized spacial score (nSPS) is 40.3. The molecule has 4 fully saturated rings. The van der Waals surface area contributed by atoms with E-state index in [4.69, 9.17) is 10.5 Å². The topological polar surface area (TPSA) is 64.3 Å². The monoisotopic (exact) mass is 266 g/mol. The van der Waals surface area contributed by atoms with Crippen LogP contribution in [0, 0.1) is 17.8 Å². The van der Waals surface area contributed by atoms with Crippen LogP contribution in [0.4, 0.5) is 4.79 Å². The molecule has 4 bridgehead atoms. The van der Waals surface area contributed by atoms with Crippen molar-refractivity contribution in [3.05, 3.63) is 0 Å². The molecule has 0 heterocycles. The van der Waals surface area contributed by atoms with Gasteiger partial charge in [-0.15, -0.1) is 0 Å². The van der Waals surface area contributed by atoms with Crippen molar-refractivity contribution in [2.24, 2.45) is 23.5 Å². The van der Waals surface area contributed by atoms with E-state index < -0.39 is 0 Å². The number of hydrogen-bond acceptors (Lipinski definition) is 3. The summed E-state index contributed by atoms with van der Waals surface area (Å²) in [5, 5.41) is 2.81. The SMILES string of the molecule is CC(C)(N)CNC(=O)OC12CC3CC(CC(C3)C1)C2. The Morgan fingerprint density at radius 2 is 1.68 bits per heavy atom. The summed E-state index contributed by atoms with van der Waals surface area (Å²) in [6.45, 7) is 4.26. The maximum absolute atomic E-state index is 12.0. The fourth-order valence-corrected chi connectivity index (χ4v) is 4.69. The van der Waals surface area contributed by atoms with E-state index in [1.807, 2.05) is 13.8 Å². The molecule has 0 aromatic carbocycles. The Morgan fingerprint density at radius 1 is 1.21 bits per heavy atom. The summed E-state index contributed by atoms with van der Waals surface area (Å²) < 4.78 is 5.84. The zero-order chi connectivity index (χ0) is 13.7. The number of hydrogen-bond donors (Lipinski definition) is 2. The molecule has 0 saturated heterocycles. The largest absolute Gasteiger partial charge is 0.443 e. The van der Waals surface area contributed by atoms with E-state index in [0.717, 1.165) is 37.0 Å². The number of nitrogens with one attached hydrogen (secondary N) is 1. The average molecular weight is 266 g/mol. The predicted octanol–water partition coefficient (Wildman–Crippen LogP) is 2.42. The molecule has 0 unspecified atom stereocenters. The van der Waals surface area contributed by atoms with E-state index in [2.05, 4.69) is 5.32 Å². The second-order valence-electron chi connectivity index (χ2n) is 7.83. The lowest BCUT2D eigenvalue weighted by molar-refractivity contribution is -0.127. The Labute approximate surface area is 115 Å². The molecule has 3 N–H and O–H groups in total. The molecule has 0 atom stereocenters. The summed E-state index contributed by atoms with van der Waals surface area (Å²) in [4.78, 5) is 12.0. The van der Waals surface area contributed by atoms with Crippen molar-refractivity contribution in [3.63, 3.8) is 0 Å². The smallest absolute Gasteiger partial charge is 0.407 e. The first kappa shape index (κ1) is 13.2. The summed E-state index contributed by atoms with van der Waals surface area (Å²) in [5.74, 6) is 2.39. The van der Waals surface area contributed by atoms with Gasteiger partial charge in [-0.2, -0.15) is 0 Å². The van der Waals surface area contributed by atoms with Gasteiger partial charge in [-0.3, -0.25) is 0 Å². The first-order chi connectivity index (χ1) is 8.84. The summed E-state index contributed by atoms with van der Waals surface area (Å²) >= 11 is 0. The summed E-state index contributed by atoms with van der Waals surface area (Å²) in [5.41, 5.74) is 5.33. The third-order valence-corrected chi connectivity index (χ3v) is 4.98. The van der Waals surface area contributed by atoms with Crippen molar-refractivity contribution in [1.29, 1.82) is 0 Å². The van der Waals surface area contributed by atoms with E-state index in [9.17, 15) is 4.79 Å². The van der Waals surface area contributed by atoms with E-state index >= 15 is 0 Å². The van der Waals surface area contributed by atoms with Crippen LogP contribution in [0.1, 0.15) is 52.4 Å². The molecule has 1 amide bonds. The molecule has 0 radical (unpaired) electrons. The molecule has 108 valence electrons. The molecule has 0 aromatic heterocycles. The van der Waals surface area contributed by atoms with Crippen molar-refractivity contribution < 1.29 is 9.53 Å². The lowest BCUT2D eigenvalue weighted by Gasteiger charge is -2.55. The number of nitrogens with two attached hydrogens (primary N) is 1. The minimum Gasteiger partial charge on any atom is -0.443 e. The summed E-state index contributed by atoms with van der Waals surface area (Å²) in [6.07, 6.45) is 7.05. The third-order valence-electron chi connectivity index (χ3n) is 4.98.